The smallest absolute Gasteiger partial charge is 0.0447 e. The Bertz CT molecular complexity index is 196. The molecule has 0 saturated carbocycles. The van der Waals surface area contributed by atoms with Crippen molar-refractivity contribution < 1.29 is 5.11 Å². The van der Waals surface area contributed by atoms with E-state index in [1.165, 1.54) is 0 Å². The minimum absolute atomic E-state index is 0.205. The topological polar surface area (TPSA) is 23.5 Å². The van der Waals surface area contributed by atoms with Gasteiger partial charge in [-0.25, -0.2) is 0 Å². The van der Waals surface area contributed by atoms with Crippen LogP contribution in [0.15, 0.2) is 37.1 Å². The van der Waals surface area contributed by atoms with Gasteiger partial charge in [0, 0.05) is 25.4 Å². The van der Waals surface area contributed by atoms with Gasteiger partial charge in [0.2, 0.25) is 0 Å². The van der Waals surface area contributed by atoms with Gasteiger partial charge in [-0.15, -0.1) is 6.58 Å². The van der Waals surface area contributed by atoms with E-state index in [-0.39, 0.29) is 6.61 Å². The largest absolute Gasteiger partial charge is 0.396 e. The molecule has 0 unspecified atom stereocenters. The SMILES string of the molecule is C=CCN(CCCO)C(=C)C(=C)C. The Labute approximate surface area is 80.9 Å². The molecule has 0 aliphatic carbocycles. The van der Waals surface area contributed by atoms with Crippen molar-refractivity contribution >= 4 is 0 Å². The standard InChI is InChI=1S/C11H19NO/c1-5-7-12(8-6-9-13)11(4)10(2)3/h5,13H,1-2,4,6-9H2,3H3. The van der Waals surface area contributed by atoms with E-state index in [4.69, 9.17) is 5.11 Å². The van der Waals surface area contributed by atoms with E-state index in [9.17, 15) is 0 Å². The second-order valence-electron chi connectivity index (χ2n) is 3.04. The third kappa shape index (κ3) is 4.53. The van der Waals surface area contributed by atoms with Gasteiger partial charge in [-0.3, -0.25) is 0 Å². The van der Waals surface area contributed by atoms with Crippen LogP contribution in [0.4, 0.5) is 0 Å². The van der Waals surface area contributed by atoms with Crippen molar-refractivity contribution in [2.75, 3.05) is 19.7 Å². The highest BCUT2D eigenvalue weighted by atomic mass is 16.3. The Balaban J connectivity index is 4.14. The zero-order valence-corrected chi connectivity index (χ0v) is 8.42. The summed E-state index contributed by atoms with van der Waals surface area (Å²) in [5.41, 5.74) is 1.88. The third-order valence-corrected chi connectivity index (χ3v) is 1.81. The molecule has 0 radical (unpaired) electrons. The zero-order chi connectivity index (χ0) is 10.3. The van der Waals surface area contributed by atoms with Crippen LogP contribution in [0.3, 0.4) is 0 Å². The number of aliphatic hydroxyl groups excluding tert-OH is 1. The molecule has 2 nitrogen and oxygen atoms in total. The van der Waals surface area contributed by atoms with Crippen molar-refractivity contribution in [2.24, 2.45) is 0 Å². The number of nitrogens with zero attached hydrogens (tertiary/aromatic N) is 1. The van der Waals surface area contributed by atoms with Crippen molar-refractivity contribution in [3.05, 3.63) is 37.1 Å². The fourth-order valence-corrected chi connectivity index (χ4v) is 1.02. The van der Waals surface area contributed by atoms with Gasteiger partial charge in [-0.05, 0) is 18.9 Å². The van der Waals surface area contributed by atoms with Crippen LogP contribution in [0.25, 0.3) is 0 Å². The maximum absolute atomic E-state index is 8.70. The molecule has 0 aromatic rings. The first-order valence-electron chi connectivity index (χ1n) is 4.45. The van der Waals surface area contributed by atoms with E-state index >= 15 is 0 Å². The van der Waals surface area contributed by atoms with Gasteiger partial charge in [0.15, 0.2) is 0 Å². The van der Waals surface area contributed by atoms with Crippen LogP contribution in [-0.2, 0) is 0 Å². The normalized spacial score (nSPS) is 9.38. The maximum Gasteiger partial charge on any atom is 0.0447 e. The minimum Gasteiger partial charge on any atom is -0.396 e. The van der Waals surface area contributed by atoms with Crippen LogP contribution >= 0.6 is 0 Å². The molecular formula is C11H19NO. The van der Waals surface area contributed by atoms with Gasteiger partial charge in [-0.1, -0.05) is 19.2 Å². The molecule has 0 bridgehead atoms. The first kappa shape index (κ1) is 12.0. The predicted molar refractivity (Wildman–Crippen MR) is 57.4 cm³/mol. The van der Waals surface area contributed by atoms with Gasteiger partial charge in [-0.2, -0.15) is 0 Å². The molecular weight excluding hydrogens is 162 g/mol. The lowest BCUT2D eigenvalue weighted by Gasteiger charge is -2.25. The Kier molecular flexibility index (Phi) is 5.98. The molecule has 74 valence electrons. The number of allylic oxidation sites excluding steroid dienone is 1. The van der Waals surface area contributed by atoms with E-state index in [0.29, 0.717) is 0 Å². The van der Waals surface area contributed by atoms with Gasteiger partial charge >= 0.3 is 0 Å². The molecule has 2 heteroatoms. The molecule has 0 rings (SSSR count). The number of rotatable bonds is 7. The fourth-order valence-electron chi connectivity index (χ4n) is 1.02. The maximum atomic E-state index is 8.70. The van der Waals surface area contributed by atoms with E-state index in [0.717, 1.165) is 30.8 Å². The van der Waals surface area contributed by atoms with Crippen LogP contribution in [0.2, 0.25) is 0 Å². The van der Waals surface area contributed by atoms with Crippen LogP contribution < -0.4 is 0 Å². The highest BCUT2D eigenvalue weighted by molar-refractivity contribution is 5.21. The quantitative estimate of drug-likeness (QED) is 0.479. The first-order valence-corrected chi connectivity index (χ1v) is 4.45. The Hall–Kier alpha value is -1.02. The molecule has 0 atom stereocenters. The van der Waals surface area contributed by atoms with Gasteiger partial charge in [0.25, 0.3) is 0 Å². The highest BCUT2D eigenvalue weighted by Gasteiger charge is 2.05. The predicted octanol–water partition coefficient (Wildman–Crippen LogP) is 1.95. The summed E-state index contributed by atoms with van der Waals surface area (Å²) in [5.74, 6) is 0. The lowest BCUT2D eigenvalue weighted by molar-refractivity contribution is 0.260. The summed E-state index contributed by atoms with van der Waals surface area (Å²) in [6.07, 6.45) is 2.58. The van der Waals surface area contributed by atoms with Crippen molar-refractivity contribution in [3.8, 4) is 0 Å². The van der Waals surface area contributed by atoms with Crippen molar-refractivity contribution in [1.29, 1.82) is 0 Å². The molecule has 0 aromatic carbocycles. The first-order chi connectivity index (χ1) is 6.13. The molecule has 0 spiro atoms. The van der Waals surface area contributed by atoms with Gasteiger partial charge in [0.1, 0.15) is 0 Å². The molecule has 0 aliphatic rings. The molecule has 0 amide bonds. The monoisotopic (exact) mass is 181 g/mol. The molecule has 0 saturated heterocycles. The Morgan fingerprint density at radius 1 is 1.46 bits per heavy atom. The second kappa shape index (κ2) is 6.49. The molecule has 0 fully saturated rings. The summed E-state index contributed by atoms with van der Waals surface area (Å²) in [7, 11) is 0. The van der Waals surface area contributed by atoms with E-state index in [1.807, 2.05) is 13.0 Å². The van der Waals surface area contributed by atoms with Crippen LogP contribution in [0, 0.1) is 0 Å². The van der Waals surface area contributed by atoms with E-state index in [1.54, 1.807) is 0 Å². The van der Waals surface area contributed by atoms with Gasteiger partial charge < -0.3 is 10.0 Å². The van der Waals surface area contributed by atoms with Crippen LogP contribution in [0.1, 0.15) is 13.3 Å². The Morgan fingerprint density at radius 3 is 2.46 bits per heavy atom. The van der Waals surface area contributed by atoms with Crippen molar-refractivity contribution in [1.82, 2.24) is 4.90 Å². The summed E-state index contributed by atoms with van der Waals surface area (Å²) in [4.78, 5) is 2.06. The second-order valence-corrected chi connectivity index (χ2v) is 3.04. The van der Waals surface area contributed by atoms with E-state index in [2.05, 4.69) is 24.6 Å². The summed E-state index contributed by atoms with van der Waals surface area (Å²) < 4.78 is 0. The number of hydrogen-bond acceptors (Lipinski definition) is 2. The fraction of sp³-hybridized carbons (Fsp3) is 0.455. The Morgan fingerprint density at radius 2 is 2.08 bits per heavy atom. The molecule has 0 aliphatic heterocycles. The summed E-state index contributed by atoms with van der Waals surface area (Å²) >= 11 is 0. The number of aliphatic hydroxyl groups is 1. The van der Waals surface area contributed by atoms with Crippen molar-refractivity contribution in [3.63, 3.8) is 0 Å². The zero-order valence-electron chi connectivity index (χ0n) is 8.42. The molecule has 13 heavy (non-hydrogen) atoms. The average molecular weight is 181 g/mol. The summed E-state index contributed by atoms with van der Waals surface area (Å²) in [5, 5.41) is 8.70. The lowest BCUT2D eigenvalue weighted by atomic mass is 10.2. The molecule has 0 heterocycles. The number of hydrogen-bond donors (Lipinski definition) is 1. The average Bonchev–Trinajstić information content (AvgIpc) is 2.11. The van der Waals surface area contributed by atoms with Crippen LogP contribution in [-0.4, -0.2) is 29.7 Å². The summed E-state index contributed by atoms with van der Waals surface area (Å²) in [6.45, 7) is 15.1. The molecule has 1 N–H and O–H groups in total. The highest BCUT2D eigenvalue weighted by Crippen LogP contribution is 2.10. The summed E-state index contributed by atoms with van der Waals surface area (Å²) in [6, 6.07) is 0. The van der Waals surface area contributed by atoms with Gasteiger partial charge in [0.05, 0.1) is 0 Å². The van der Waals surface area contributed by atoms with Crippen LogP contribution in [0.5, 0.6) is 0 Å². The lowest BCUT2D eigenvalue weighted by Crippen LogP contribution is -2.24. The van der Waals surface area contributed by atoms with E-state index < -0.39 is 0 Å². The third-order valence-electron chi connectivity index (χ3n) is 1.81. The molecule has 0 aromatic heterocycles. The van der Waals surface area contributed by atoms with Crippen molar-refractivity contribution in [2.45, 2.75) is 13.3 Å². The minimum atomic E-state index is 0.205.